The summed E-state index contributed by atoms with van der Waals surface area (Å²) in [6, 6.07) is 0. The second-order valence-electron chi connectivity index (χ2n) is 5.29. The molecule has 2 N–H and O–H groups in total. The van der Waals surface area contributed by atoms with E-state index in [2.05, 4.69) is 15.0 Å². The molecule has 0 amide bonds. The number of nitrogens with zero attached hydrogens (tertiary/aromatic N) is 3. The van der Waals surface area contributed by atoms with Crippen LogP contribution in [0.4, 0.5) is 5.95 Å². The van der Waals surface area contributed by atoms with Gasteiger partial charge in [-0.3, -0.25) is 0 Å². The van der Waals surface area contributed by atoms with Crippen LogP contribution in [0.2, 0.25) is 0 Å². The summed E-state index contributed by atoms with van der Waals surface area (Å²) in [5.41, 5.74) is 5.80. The first kappa shape index (κ1) is 11.8. The van der Waals surface area contributed by atoms with E-state index in [9.17, 15) is 0 Å². The smallest absolute Gasteiger partial charge is 0.223 e. The summed E-state index contributed by atoms with van der Waals surface area (Å²) in [5.74, 6) is 2.54. The van der Waals surface area contributed by atoms with Crippen LogP contribution in [0.3, 0.4) is 0 Å². The predicted molar refractivity (Wildman–Crippen MR) is 68.1 cm³/mol. The van der Waals surface area contributed by atoms with Gasteiger partial charge in [0.15, 0.2) is 0 Å². The van der Waals surface area contributed by atoms with Crippen LogP contribution in [-0.4, -0.2) is 27.7 Å². The van der Waals surface area contributed by atoms with Crippen molar-refractivity contribution in [2.24, 2.45) is 0 Å². The number of nitrogen functional groups attached to an aromatic ring is 1. The van der Waals surface area contributed by atoms with E-state index in [1.54, 1.807) is 0 Å². The van der Waals surface area contributed by atoms with Crippen molar-refractivity contribution in [2.75, 3.05) is 12.3 Å². The minimum absolute atomic E-state index is 0.267. The Hall–Kier alpha value is -1.23. The average Bonchev–Trinajstić information content (AvgIpc) is 3.00. The van der Waals surface area contributed by atoms with Crippen LogP contribution >= 0.6 is 0 Å². The third kappa shape index (κ3) is 2.61. The van der Waals surface area contributed by atoms with Crippen molar-refractivity contribution in [3.63, 3.8) is 0 Å². The highest BCUT2D eigenvalue weighted by molar-refractivity contribution is 5.18. The molecule has 1 unspecified atom stereocenters. The molecule has 1 aromatic rings. The molecule has 0 radical (unpaired) electrons. The summed E-state index contributed by atoms with van der Waals surface area (Å²) in [6.45, 7) is 0.862. The Morgan fingerprint density at radius 1 is 1.06 bits per heavy atom. The van der Waals surface area contributed by atoms with Gasteiger partial charge in [0.25, 0.3) is 0 Å². The van der Waals surface area contributed by atoms with Crippen molar-refractivity contribution in [3.05, 3.63) is 11.6 Å². The van der Waals surface area contributed by atoms with Crippen LogP contribution in [0.15, 0.2) is 0 Å². The van der Waals surface area contributed by atoms with E-state index in [1.165, 1.54) is 25.7 Å². The van der Waals surface area contributed by atoms with Crippen molar-refractivity contribution in [1.82, 2.24) is 15.0 Å². The molecule has 1 aromatic heterocycles. The Labute approximate surface area is 107 Å². The first-order chi connectivity index (χ1) is 8.81. The zero-order valence-electron chi connectivity index (χ0n) is 10.6. The number of hydrogen-bond donors (Lipinski definition) is 1. The Kier molecular flexibility index (Phi) is 3.41. The predicted octanol–water partition coefficient (Wildman–Crippen LogP) is 1.83. The Morgan fingerprint density at radius 2 is 1.89 bits per heavy atom. The van der Waals surface area contributed by atoms with Gasteiger partial charge < -0.3 is 10.5 Å². The van der Waals surface area contributed by atoms with Gasteiger partial charge in [-0.1, -0.05) is 12.8 Å². The standard InChI is InChI=1S/C13H20N4O/c14-13-16-11(8-10-6-3-7-18-10)15-12(17-13)9-4-1-2-5-9/h9-10H,1-8H2,(H2,14,15,16,17). The zero-order valence-corrected chi connectivity index (χ0v) is 10.6. The second-order valence-corrected chi connectivity index (χ2v) is 5.29. The van der Waals surface area contributed by atoms with E-state index >= 15 is 0 Å². The normalized spacial score (nSPS) is 24.8. The topological polar surface area (TPSA) is 73.9 Å². The van der Waals surface area contributed by atoms with Gasteiger partial charge >= 0.3 is 0 Å². The van der Waals surface area contributed by atoms with E-state index in [0.29, 0.717) is 11.9 Å². The number of rotatable bonds is 3. The highest BCUT2D eigenvalue weighted by atomic mass is 16.5. The van der Waals surface area contributed by atoms with Crippen LogP contribution in [-0.2, 0) is 11.2 Å². The summed E-state index contributed by atoms with van der Waals surface area (Å²) in [4.78, 5) is 13.1. The van der Waals surface area contributed by atoms with E-state index in [0.717, 1.165) is 37.5 Å². The van der Waals surface area contributed by atoms with Gasteiger partial charge in [0.05, 0.1) is 6.10 Å². The summed E-state index contributed by atoms with van der Waals surface area (Å²) in [7, 11) is 0. The monoisotopic (exact) mass is 248 g/mol. The number of anilines is 1. The molecule has 0 spiro atoms. The molecule has 18 heavy (non-hydrogen) atoms. The molecular weight excluding hydrogens is 228 g/mol. The van der Waals surface area contributed by atoms with E-state index in [4.69, 9.17) is 10.5 Å². The van der Waals surface area contributed by atoms with Crippen molar-refractivity contribution in [3.8, 4) is 0 Å². The fourth-order valence-corrected chi connectivity index (χ4v) is 2.92. The highest BCUT2D eigenvalue weighted by Crippen LogP contribution is 2.32. The van der Waals surface area contributed by atoms with Gasteiger partial charge in [-0.2, -0.15) is 9.97 Å². The van der Waals surface area contributed by atoms with Crippen LogP contribution < -0.4 is 5.73 Å². The quantitative estimate of drug-likeness (QED) is 0.883. The Bertz CT molecular complexity index is 411. The Morgan fingerprint density at radius 3 is 2.61 bits per heavy atom. The molecule has 1 aliphatic carbocycles. The Balaban J connectivity index is 1.76. The minimum atomic E-state index is 0.267. The van der Waals surface area contributed by atoms with Crippen LogP contribution in [0.5, 0.6) is 0 Å². The molecule has 3 rings (SSSR count). The summed E-state index contributed by atoms with van der Waals surface area (Å²) >= 11 is 0. The lowest BCUT2D eigenvalue weighted by molar-refractivity contribution is 0.110. The molecule has 0 bridgehead atoms. The molecule has 1 saturated heterocycles. The molecule has 1 aliphatic heterocycles. The lowest BCUT2D eigenvalue weighted by Crippen LogP contribution is -2.15. The lowest BCUT2D eigenvalue weighted by Gasteiger charge is -2.12. The minimum Gasteiger partial charge on any atom is -0.378 e. The average molecular weight is 248 g/mol. The van der Waals surface area contributed by atoms with Gasteiger partial charge in [-0.25, -0.2) is 4.98 Å². The van der Waals surface area contributed by atoms with Crippen LogP contribution in [0.25, 0.3) is 0 Å². The van der Waals surface area contributed by atoms with Gasteiger partial charge in [-0.15, -0.1) is 0 Å². The molecule has 2 heterocycles. The molecular formula is C13H20N4O. The van der Waals surface area contributed by atoms with Gasteiger partial charge in [0, 0.05) is 18.9 Å². The molecule has 2 fully saturated rings. The van der Waals surface area contributed by atoms with Crippen LogP contribution in [0, 0.1) is 0 Å². The van der Waals surface area contributed by atoms with Gasteiger partial charge in [0.1, 0.15) is 11.6 Å². The van der Waals surface area contributed by atoms with E-state index in [1.807, 2.05) is 0 Å². The third-order valence-electron chi connectivity index (χ3n) is 3.87. The third-order valence-corrected chi connectivity index (χ3v) is 3.87. The lowest BCUT2D eigenvalue weighted by atomic mass is 10.1. The SMILES string of the molecule is Nc1nc(CC2CCCO2)nc(C2CCCC2)n1. The molecule has 1 saturated carbocycles. The van der Waals surface area contributed by atoms with E-state index in [-0.39, 0.29) is 6.10 Å². The zero-order chi connectivity index (χ0) is 12.4. The second kappa shape index (κ2) is 5.18. The first-order valence-corrected chi connectivity index (χ1v) is 6.93. The maximum absolute atomic E-state index is 5.80. The fourth-order valence-electron chi connectivity index (χ4n) is 2.92. The van der Waals surface area contributed by atoms with Crippen molar-refractivity contribution >= 4 is 5.95 Å². The molecule has 0 aromatic carbocycles. The molecule has 5 nitrogen and oxygen atoms in total. The number of hydrogen-bond acceptors (Lipinski definition) is 5. The van der Waals surface area contributed by atoms with E-state index < -0.39 is 0 Å². The maximum atomic E-state index is 5.80. The highest BCUT2D eigenvalue weighted by Gasteiger charge is 2.23. The van der Waals surface area contributed by atoms with Crippen molar-refractivity contribution < 1.29 is 4.74 Å². The molecule has 2 aliphatic rings. The maximum Gasteiger partial charge on any atom is 0.223 e. The largest absolute Gasteiger partial charge is 0.378 e. The molecule has 1 atom stereocenters. The summed E-state index contributed by atoms with van der Waals surface area (Å²) < 4.78 is 5.62. The number of aromatic nitrogens is 3. The van der Waals surface area contributed by atoms with Gasteiger partial charge in [-0.05, 0) is 25.7 Å². The number of nitrogens with two attached hydrogens (primary N) is 1. The summed E-state index contributed by atoms with van der Waals surface area (Å²) in [5, 5.41) is 0. The molecule has 98 valence electrons. The van der Waals surface area contributed by atoms with Crippen molar-refractivity contribution in [2.45, 2.75) is 57.0 Å². The fraction of sp³-hybridized carbons (Fsp3) is 0.769. The molecule has 5 heteroatoms. The summed E-state index contributed by atoms with van der Waals surface area (Å²) in [6.07, 6.45) is 8.20. The van der Waals surface area contributed by atoms with Gasteiger partial charge in [0.2, 0.25) is 5.95 Å². The number of ether oxygens (including phenoxy) is 1. The van der Waals surface area contributed by atoms with Crippen LogP contribution in [0.1, 0.15) is 56.1 Å². The van der Waals surface area contributed by atoms with Crippen molar-refractivity contribution in [1.29, 1.82) is 0 Å². The first-order valence-electron chi connectivity index (χ1n) is 6.93.